The molecule has 0 aromatic heterocycles. The first-order chi connectivity index (χ1) is 26.2. The molecule has 0 aliphatic heterocycles. The summed E-state index contributed by atoms with van der Waals surface area (Å²) in [7, 11) is -4.42. The van der Waals surface area contributed by atoms with Crippen LogP contribution in [0.3, 0.4) is 0 Å². The SMILES string of the molecule is CCC=CCC=CCC=CCC=CC=CC(O)CC=CCCC(=O)OC(COC(=O)CCCCCCCCCCCCCCC)COP(=O)(O)OCCN. The highest BCUT2D eigenvalue weighted by Gasteiger charge is 2.25. The third-order valence-electron chi connectivity index (χ3n) is 8.20. The molecule has 0 rings (SSSR count). The minimum absolute atomic E-state index is 0.0221. The Bertz CT molecular complexity index is 1130. The highest BCUT2D eigenvalue weighted by Crippen LogP contribution is 2.43. The summed E-state index contributed by atoms with van der Waals surface area (Å²) in [5.41, 5.74) is 5.33. The summed E-state index contributed by atoms with van der Waals surface area (Å²) < 4.78 is 32.6. The zero-order valence-corrected chi connectivity index (χ0v) is 34.4. The number of rotatable bonds is 37. The van der Waals surface area contributed by atoms with Crippen molar-refractivity contribution in [3.05, 3.63) is 72.9 Å². The molecule has 0 aromatic carbocycles. The molecule has 0 radical (unpaired) electrons. The fraction of sp³-hybridized carbons (Fsp3) is 0.674. The van der Waals surface area contributed by atoms with Crippen LogP contribution in [0.25, 0.3) is 0 Å². The fourth-order valence-electron chi connectivity index (χ4n) is 5.16. The Kier molecular flexibility index (Phi) is 36.8. The number of nitrogens with two attached hydrogens (primary N) is 1. The van der Waals surface area contributed by atoms with E-state index in [1.54, 1.807) is 18.2 Å². The van der Waals surface area contributed by atoms with Crippen LogP contribution in [0.5, 0.6) is 0 Å². The van der Waals surface area contributed by atoms with Gasteiger partial charge in [-0.1, -0.05) is 164 Å². The number of hydrogen-bond acceptors (Lipinski definition) is 9. The molecule has 310 valence electrons. The van der Waals surface area contributed by atoms with Gasteiger partial charge in [0.1, 0.15) is 6.61 Å². The van der Waals surface area contributed by atoms with E-state index in [2.05, 4.69) is 50.3 Å². The Morgan fingerprint density at radius 3 is 1.83 bits per heavy atom. The molecule has 0 amide bonds. The van der Waals surface area contributed by atoms with Crippen molar-refractivity contribution >= 4 is 19.8 Å². The van der Waals surface area contributed by atoms with Gasteiger partial charge in [0, 0.05) is 19.4 Å². The Morgan fingerprint density at radius 2 is 1.24 bits per heavy atom. The predicted molar refractivity (Wildman–Crippen MR) is 221 cm³/mol. The molecule has 0 saturated heterocycles. The average Bonchev–Trinajstić information content (AvgIpc) is 3.15. The number of ether oxygens (including phenoxy) is 2. The third kappa shape index (κ3) is 37.7. The lowest BCUT2D eigenvalue weighted by Crippen LogP contribution is -2.29. The number of phosphoric ester groups is 1. The molecule has 3 unspecified atom stereocenters. The number of carbonyl (C=O) groups is 2. The molecule has 0 aliphatic carbocycles. The first kappa shape index (κ1) is 51.4. The Balaban J connectivity index is 4.43. The van der Waals surface area contributed by atoms with Crippen molar-refractivity contribution in [2.75, 3.05) is 26.4 Å². The lowest BCUT2D eigenvalue weighted by atomic mass is 10.0. The predicted octanol–water partition coefficient (Wildman–Crippen LogP) is 10.5. The molecule has 0 spiro atoms. The summed E-state index contributed by atoms with van der Waals surface area (Å²) in [6.45, 7) is 3.39. The van der Waals surface area contributed by atoms with Gasteiger partial charge in [0.15, 0.2) is 6.10 Å². The van der Waals surface area contributed by atoms with Crippen LogP contribution in [-0.2, 0) is 32.7 Å². The van der Waals surface area contributed by atoms with Crippen molar-refractivity contribution in [2.45, 2.75) is 161 Å². The normalized spacial score (nSPS) is 14.7. The van der Waals surface area contributed by atoms with Crippen LogP contribution in [0.15, 0.2) is 72.9 Å². The summed E-state index contributed by atoms with van der Waals surface area (Å²) in [5, 5.41) is 10.2. The number of unbranched alkanes of at least 4 members (excludes halogenated alkanes) is 12. The molecule has 0 bridgehead atoms. The van der Waals surface area contributed by atoms with E-state index in [9.17, 15) is 24.2 Å². The van der Waals surface area contributed by atoms with Crippen LogP contribution in [0.4, 0.5) is 0 Å². The largest absolute Gasteiger partial charge is 0.472 e. The first-order valence-electron chi connectivity index (χ1n) is 20.5. The number of allylic oxidation sites excluding steroid dienone is 10. The summed E-state index contributed by atoms with van der Waals surface area (Å²) in [4.78, 5) is 34.8. The average molecular weight is 780 g/mol. The van der Waals surface area contributed by atoms with Crippen LogP contribution < -0.4 is 5.73 Å². The maximum atomic E-state index is 12.5. The van der Waals surface area contributed by atoms with Gasteiger partial charge in [0.25, 0.3) is 0 Å². The molecule has 0 heterocycles. The van der Waals surface area contributed by atoms with Crippen molar-refractivity contribution in [3.63, 3.8) is 0 Å². The molecule has 0 aliphatic rings. The minimum Gasteiger partial charge on any atom is -0.462 e. The summed E-state index contributed by atoms with van der Waals surface area (Å²) in [6, 6.07) is 0. The number of aliphatic hydroxyl groups excluding tert-OH is 1. The number of carbonyl (C=O) groups excluding carboxylic acids is 2. The van der Waals surface area contributed by atoms with Crippen LogP contribution in [0, 0.1) is 0 Å². The molecule has 0 aromatic rings. The van der Waals surface area contributed by atoms with Crippen LogP contribution in [0.1, 0.15) is 149 Å². The molecule has 4 N–H and O–H groups in total. The molecule has 0 saturated carbocycles. The highest BCUT2D eigenvalue weighted by molar-refractivity contribution is 7.47. The van der Waals surface area contributed by atoms with Gasteiger partial charge >= 0.3 is 19.8 Å². The van der Waals surface area contributed by atoms with Gasteiger partial charge in [-0.05, 0) is 44.9 Å². The van der Waals surface area contributed by atoms with Crippen LogP contribution in [0.2, 0.25) is 0 Å². The van der Waals surface area contributed by atoms with E-state index in [0.29, 0.717) is 19.3 Å². The van der Waals surface area contributed by atoms with Crippen molar-refractivity contribution in [2.24, 2.45) is 5.73 Å². The van der Waals surface area contributed by atoms with Gasteiger partial charge < -0.3 is 25.2 Å². The summed E-state index contributed by atoms with van der Waals surface area (Å²) >= 11 is 0. The van der Waals surface area contributed by atoms with Crippen LogP contribution >= 0.6 is 7.82 Å². The van der Waals surface area contributed by atoms with E-state index in [0.717, 1.165) is 44.9 Å². The van der Waals surface area contributed by atoms with Gasteiger partial charge in [-0.15, -0.1) is 0 Å². The monoisotopic (exact) mass is 780 g/mol. The minimum atomic E-state index is -4.42. The molecular weight excluding hydrogens is 705 g/mol. The zero-order chi connectivity index (χ0) is 39.8. The van der Waals surface area contributed by atoms with Gasteiger partial charge in [-0.25, -0.2) is 4.57 Å². The number of phosphoric acid groups is 1. The van der Waals surface area contributed by atoms with Crippen molar-refractivity contribution in [1.82, 2.24) is 0 Å². The van der Waals surface area contributed by atoms with Crippen LogP contribution in [-0.4, -0.2) is 60.5 Å². The number of aliphatic hydroxyl groups is 1. The van der Waals surface area contributed by atoms with Gasteiger partial charge in [0.2, 0.25) is 0 Å². The summed E-state index contributed by atoms with van der Waals surface area (Å²) in [5.74, 6) is -1.01. The quantitative estimate of drug-likeness (QED) is 0.0182. The zero-order valence-electron chi connectivity index (χ0n) is 33.5. The molecule has 0 fully saturated rings. The maximum absolute atomic E-state index is 12.5. The van der Waals surface area contributed by atoms with Gasteiger partial charge in [-0.2, -0.15) is 0 Å². The topological polar surface area (TPSA) is 155 Å². The van der Waals surface area contributed by atoms with E-state index in [1.165, 1.54) is 57.8 Å². The number of esters is 2. The van der Waals surface area contributed by atoms with Crippen molar-refractivity contribution in [1.29, 1.82) is 0 Å². The van der Waals surface area contributed by atoms with E-state index in [-0.39, 0.29) is 32.6 Å². The van der Waals surface area contributed by atoms with E-state index in [4.69, 9.17) is 24.3 Å². The van der Waals surface area contributed by atoms with E-state index < -0.39 is 38.6 Å². The molecule has 3 atom stereocenters. The third-order valence-corrected chi connectivity index (χ3v) is 9.18. The van der Waals surface area contributed by atoms with Gasteiger partial charge in [0.05, 0.1) is 19.3 Å². The Morgan fingerprint density at radius 1 is 0.667 bits per heavy atom. The molecule has 11 heteroatoms. The lowest BCUT2D eigenvalue weighted by Gasteiger charge is -2.19. The standard InChI is InChI=1S/C43H74NO9P/c1-3-5-7-9-11-13-15-17-19-21-23-25-28-32-40(45)33-29-27-31-35-43(47)53-41(39-52-54(48,49)51-37-36-44)38-50-42(46)34-30-26-24-22-20-18-16-14-12-10-8-6-4-2/h5,7,11,13,17,19,23,25,27-29,32,40-41,45H,3-4,6,8-10,12,14-16,18,20-22,24,26,30-31,33-39,44H2,1-2H3,(H,48,49). The van der Waals surface area contributed by atoms with E-state index in [1.807, 2.05) is 18.2 Å². The number of hydrogen-bond donors (Lipinski definition) is 3. The van der Waals surface area contributed by atoms with Gasteiger partial charge in [-0.3, -0.25) is 18.6 Å². The van der Waals surface area contributed by atoms with Crippen molar-refractivity contribution in [3.8, 4) is 0 Å². The fourth-order valence-corrected chi connectivity index (χ4v) is 5.92. The summed E-state index contributed by atoms with van der Waals surface area (Å²) in [6.07, 6.45) is 42.5. The second-order valence-corrected chi connectivity index (χ2v) is 14.8. The lowest BCUT2D eigenvalue weighted by molar-refractivity contribution is -0.161. The molecule has 54 heavy (non-hydrogen) atoms. The maximum Gasteiger partial charge on any atom is 0.472 e. The Hall–Kier alpha value is -2.59. The molecule has 10 nitrogen and oxygen atoms in total. The van der Waals surface area contributed by atoms with E-state index >= 15 is 0 Å². The smallest absolute Gasteiger partial charge is 0.462 e. The van der Waals surface area contributed by atoms with Crippen molar-refractivity contribution < 1.29 is 42.7 Å². The second kappa shape index (κ2) is 38.7. The Labute approximate surface area is 327 Å². The highest BCUT2D eigenvalue weighted by atomic mass is 31.2. The molecular formula is C43H74NO9P. The second-order valence-electron chi connectivity index (χ2n) is 13.3. The first-order valence-corrected chi connectivity index (χ1v) is 22.0.